The Morgan fingerprint density at radius 3 is 2.21 bits per heavy atom. The number of anilines is 1. The first kappa shape index (κ1) is 13.2. The zero-order valence-corrected chi connectivity index (χ0v) is 10.9. The van der Waals surface area contributed by atoms with Gasteiger partial charge in [0, 0.05) is 23.6 Å². The number of nitrogens with one attached hydrogen (secondary N) is 1. The first-order chi connectivity index (χ1) is 8.97. The van der Waals surface area contributed by atoms with Crippen LogP contribution in [0.3, 0.4) is 0 Å². The number of nitrogens with two attached hydrogens (primary N) is 1. The average Bonchev–Trinajstić information content (AvgIpc) is 2.39. The number of amides is 1. The van der Waals surface area contributed by atoms with Gasteiger partial charge >= 0.3 is 0 Å². The van der Waals surface area contributed by atoms with Crippen LogP contribution in [0.25, 0.3) is 11.1 Å². The molecule has 2 aromatic rings. The summed E-state index contributed by atoms with van der Waals surface area (Å²) in [4.78, 5) is 19.7. The molecule has 1 aromatic heterocycles. The number of carbonyl (C=O) groups is 1. The topological polar surface area (TPSA) is 80.9 Å². The van der Waals surface area contributed by atoms with E-state index in [0.717, 1.165) is 11.1 Å². The second-order valence-electron chi connectivity index (χ2n) is 4.88. The Morgan fingerprint density at radius 2 is 1.68 bits per heavy atom. The first-order valence-electron chi connectivity index (χ1n) is 5.92. The molecule has 19 heavy (non-hydrogen) atoms. The molecule has 5 heteroatoms. The van der Waals surface area contributed by atoms with Crippen LogP contribution >= 0.6 is 0 Å². The van der Waals surface area contributed by atoms with Crippen LogP contribution in [-0.4, -0.2) is 21.4 Å². The molecule has 98 valence electrons. The maximum atomic E-state index is 11.7. The molecule has 0 atom stereocenters. The SMILES string of the molecule is CC(C)(N)C(=O)Nc1ccc(-c2cncnc2)cc1. The molecule has 0 saturated heterocycles. The number of rotatable bonds is 3. The van der Waals surface area contributed by atoms with Crippen molar-refractivity contribution < 1.29 is 4.79 Å². The molecule has 0 aliphatic carbocycles. The van der Waals surface area contributed by atoms with Gasteiger partial charge in [-0.1, -0.05) is 12.1 Å². The van der Waals surface area contributed by atoms with E-state index >= 15 is 0 Å². The summed E-state index contributed by atoms with van der Waals surface area (Å²) >= 11 is 0. The van der Waals surface area contributed by atoms with E-state index < -0.39 is 5.54 Å². The van der Waals surface area contributed by atoms with E-state index in [0.29, 0.717) is 5.69 Å². The number of nitrogens with zero attached hydrogens (tertiary/aromatic N) is 2. The van der Waals surface area contributed by atoms with Crippen molar-refractivity contribution in [2.45, 2.75) is 19.4 Å². The van der Waals surface area contributed by atoms with Gasteiger partial charge in [-0.15, -0.1) is 0 Å². The second kappa shape index (κ2) is 5.16. The van der Waals surface area contributed by atoms with Gasteiger partial charge in [-0.2, -0.15) is 0 Å². The maximum absolute atomic E-state index is 11.7. The quantitative estimate of drug-likeness (QED) is 0.877. The van der Waals surface area contributed by atoms with Crippen molar-refractivity contribution in [3.63, 3.8) is 0 Å². The molecule has 2 rings (SSSR count). The Bertz CT molecular complexity index is 558. The highest BCUT2D eigenvalue weighted by Gasteiger charge is 2.21. The number of hydrogen-bond donors (Lipinski definition) is 2. The fraction of sp³-hybridized carbons (Fsp3) is 0.214. The number of aromatic nitrogens is 2. The van der Waals surface area contributed by atoms with Gasteiger partial charge < -0.3 is 11.1 Å². The highest BCUT2D eigenvalue weighted by atomic mass is 16.2. The Morgan fingerprint density at radius 1 is 1.11 bits per heavy atom. The molecular weight excluding hydrogens is 240 g/mol. The lowest BCUT2D eigenvalue weighted by Gasteiger charge is -2.17. The monoisotopic (exact) mass is 256 g/mol. The predicted octanol–water partition coefficient (Wildman–Crippen LogP) is 1.82. The van der Waals surface area contributed by atoms with Crippen molar-refractivity contribution >= 4 is 11.6 Å². The molecule has 1 heterocycles. The second-order valence-corrected chi connectivity index (χ2v) is 4.88. The van der Waals surface area contributed by atoms with Gasteiger partial charge in [0.25, 0.3) is 0 Å². The minimum absolute atomic E-state index is 0.219. The molecule has 1 amide bonds. The van der Waals surface area contributed by atoms with Gasteiger partial charge in [-0.05, 0) is 31.5 Å². The summed E-state index contributed by atoms with van der Waals surface area (Å²) in [5.74, 6) is -0.219. The molecule has 0 aliphatic heterocycles. The third kappa shape index (κ3) is 3.35. The van der Waals surface area contributed by atoms with Crippen molar-refractivity contribution in [3.8, 4) is 11.1 Å². The standard InChI is InChI=1S/C14H16N4O/c1-14(2,15)13(19)18-12-5-3-10(4-6-12)11-7-16-9-17-8-11/h3-9H,15H2,1-2H3,(H,18,19). The predicted molar refractivity (Wildman–Crippen MR) is 74.4 cm³/mol. The van der Waals surface area contributed by atoms with Gasteiger partial charge in [0.15, 0.2) is 0 Å². The van der Waals surface area contributed by atoms with E-state index in [2.05, 4.69) is 15.3 Å². The zero-order valence-electron chi connectivity index (χ0n) is 10.9. The van der Waals surface area contributed by atoms with E-state index in [1.807, 2.05) is 24.3 Å². The molecule has 0 saturated carbocycles. The molecular formula is C14H16N4O. The van der Waals surface area contributed by atoms with E-state index in [4.69, 9.17) is 5.73 Å². The lowest BCUT2D eigenvalue weighted by atomic mass is 10.1. The smallest absolute Gasteiger partial charge is 0.243 e. The minimum atomic E-state index is -0.897. The van der Waals surface area contributed by atoms with E-state index in [1.54, 1.807) is 26.2 Å². The summed E-state index contributed by atoms with van der Waals surface area (Å²) in [5.41, 5.74) is 7.46. The van der Waals surface area contributed by atoms with Crippen molar-refractivity contribution in [2.75, 3.05) is 5.32 Å². The van der Waals surface area contributed by atoms with Crippen LogP contribution in [0.4, 0.5) is 5.69 Å². The molecule has 0 fully saturated rings. The highest BCUT2D eigenvalue weighted by Crippen LogP contribution is 2.20. The van der Waals surface area contributed by atoms with Crippen molar-refractivity contribution in [1.82, 2.24) is 9.97 Å². The van der Waals surface area contributed by atoms with Crippen LogP contribution in [0.5, 0.6) is 0 Å². The van der Waals surface area contributed by atoms with Crippen molar-refractivity contribution in [1.29, 1.82) is 0 Å². The van der Waals surface area contributed by atoms with Gasteiger partial charge in [0.2, 0.25) is 5.91 Å². The van der Waals surface area contributed by atoms with Crippen LogP contribution in [0.15, 0.2) is 43.0 Å². The third-order valence-electron chi connectivity index (χ3n) is 2.62. The van der Waals surface area contributed by atoms with Crippen LogP contribution in [0.2, 0.25) is 0 Å². The van der Waals surface area contributed by atoms with Crippen LogP contribution in [0, 0.1) is 0 Å². The summed E-state index contributed by atoms with van der Waals surface area (Å²) in [6.07, 6.45) is 4.97. The zero-order chi connectivity index (χ0) is 13.9. The van der Waals surface area contributed by atoms with Gasteiger partial charge in [0.05, 0.1) is 5.54 Å². The number of hydrogen-bond acceptors (Lipinski definition) is 4. The summed E-state index contributed by atoms with van der Waals surface area (Å²) in [6.45, 7) is 3.33. The van der Waals surface area contributed by atoms with Crippen molar-refractivity contribution in [3.05, 3.63) is 43.0 Å². The Balaban J connectivity index is 2.14. The first-order valence-corrected chi connectivity index (χ1v) is 5.92. The van der Waals surface area contributed by atoms with E-state index in [-0.39, 0.29) is 5.91 Å². The molecule has 1 aromatic carbocycles. The largest absolute Gasteiger partial charge is 0.325 e. The Kier molecular flexibility index (Phi) is 3.57. The van der Waals surface area contributed by atoms with Crippen LogP contribution < -0.4 is 11.1 Å². The van der Waals surface area contributed by atoms with E-state index in [9.17, 15) is 4.79 Å². The molecule has 0 bridgehead atoms. The molecule has 5 nitrogen and oxygen atoms in total. The summed E-state index contributed by atoms with van der Waals surface area (Å²) < 4.78 is 0. The van der Waals surface area contributed by atoms with Gasteiger partial charge in [0.1, 0.15) is 6.33 Å². The lowest BCUT2D eigenvalue weighted by Crippen LogP contribution is -2.45. The lowest BCUT2D eigenvalue weighted by molar-refractivity contribution is -0.120. The molecule has 0 aliphatic rings. The molecule has 0 unspecified atom stereocenters. The summed E-state index contributed by atoms with van der Waals surface area (Å²) in [5, 5.41) is 2.77. The van der Waals surface area contributed by atoms with Crippen LogP contribution in [-0.2, 0) is 4.79 Å². The molecule has 0 spiro atoms. The fourth-order valence-electron chi connectivity index (χ4n) is 1.49. The van der Waals surface area contributed by atoms with Crippen LogP contribution in [0.1, 0.15) is 13.8 Å². The third-order valence-corrected chi connectivity index (χ3v) is 2.62. The Hall–Kier alpha value is -2.27. The summed E-state index contributed by atoms with van der Waals surface area (Å²) in [7, 11) is 0. The van der Waals surface area contributed by atoms with Crippen molar-refractivity contribution in [2.24, 2.45) is 5.73 Å². The van der Waals surface area contributed by atoms with Gasteiger partial charge in [-0.3, -0.25) is 4.79 Å². The van der Waals surface area contributed by atoms with Gasteiger partial charge in [-0.25, -0.2) is 9.97 Å². The average molecular weight is 256 g/mol. The number of carbonyl (C=O) groups excluding carboxylic acids is 1. The normalized spacial score (nSPS) is 11.1. The minimum Gasteiger partial charge on any atom is -0.325 e. The molecule has 0 radical (unpaired) electrons. The van der Waals surface area contributed by atoms with E-state index in [1.165, 1.54) is 6.33 Å². The fourth-order valence-corrected chi connectivity index (χ4v) is 1.49. The highest BCUT2D eigenvalue weighted by molar-refractivity contribution is 5.97. The molecule has 3 N–H and O–H groups in total. The summed E-state index contributed by atoms with van der Waals surface area (Å²) in [6, 6.07) is 7.45. The Labute approximate surface area is 111 Å². The maximum Gasteiger partial charge on any atom is 0.243 e. The number of benzene rings is 1.